The number of benzene rings is 1. The van der Waals surface area contributed by atoms with Gasteiger partial charge in [-0.3, -0.25) is 20.3 Å². The maximum absolute atomic E-state index is 13.1. The van der Waals surface area contributed by atoms with Gasteiger partial charge in [-0.1, -0.05) is 19.1 Å². The number of imidazole rings is 1. The van der Waals surface area contributed by atoms with Gasteiger partial charge in [-0.15, -0.1) is 0 Å². The van der Waals surface area contributed by atoms with Gasteiger partial charge in [0.1, 0.15) is 11.3 Å². The summed E-state index contributed by atoms with van der Waals surface area (Å²) in [7, 11) is 0. The molecular formula is C28H37F3N8O. The van der Waals surface area contributed by atoms with E-state index in [0.717, 1.165) is 55.7 Å². The lowest BCUT2D eigenvalue weighted by Crippen LogP contribution is -2.58. The third-order valence-electron chi connectivity index (χ3n) is 8.40. The molecule has 4 heterocycles. The highest BCUT2D eigenvalue weighted by atomic mass is 19.4. The number of hydrogen-bond acceptors (Lipinski definition) is 7. The average molecular weight is 559 g/mol. The lowest BCUT2D eigenvalue weighted by molar-refractivity contribution is -0.137. The highest BCUT2D eigenvalue weighted by Gasteiger charge is 2.37. The minimum atomic E-state index is -4.36. The van der Waals surface area contributed by atoms with Crippen LogP contribution in [-0.2, 0) is 17.5 Å². The van der Waals surface area contributed by atoms with Crippen molar-refractivity contribution in [2.45, 2.75) is 83.9 Å². The number of nitrogens with one attached hydrogen (secondary N) is 2. The van der Waals surface area contributed by atoms with Gasteiger partial charge < -0.3 is 14.2 Å². The Bertz CT molecular complexity index is 1420. The fraction of sp³-hybridized carbons (Fsp3) is 0.571. The second kappa shape index (κ2) is 11.0. The molecule has 2 fully saturated rings. The fourth-order valence-electron chi connectivity index (χ4n) is 6.13. The van der Waals surface area contributed by atoms with Crippen LogP contribution in [-0.4, -0.2) is 68.2 Å². The first-order chi connectivity index (χ1) is 19.0. The van der Waals surface area contributed by atoms with Crippen molar-refractivity contribution in [1.82, 2.24) is 24.0 Å². The molecule has 0 saturated carbocycles. The molecule has 216 valence electrons. The smallest absolute Gasteiger partial charge is 0.376 e. The van der Waals surface area contributed by atoms with E-state index in [1.807, 2.05) is 18.4 Å². The second-order valence-electron chi connectivity index (χ2n) is 10.9. The molecule has 2 aromatic heterocycles. The van der Waals surface area contributed by atoms with E-state index in [1.165, 1.54) is 4.57 Å². The summed E-state index contributed by atoms with van der Waals surface area (Å²) in [6.45, 7) is 10.8. The van der Waals surface area contributed by atoms with Gasteiger partial charge in [-0.2, -0.15) is 18.2 Å². The summed E-state index contributed by atoms with van der Waals surface area (Å²) in [6.07, 6.45) is -0.364. The molecule has 2 aliphatic rings. The van der Waals surface area contributed by atoms with Crippen molar-refractivity contribution in [2.75, 3.05) is 24.6 Å². The standard InChI is InChI=1S/C28H37F3N8O/c1-5-22-14-36(17(2)13-37(22)18(3)20-8-10-21(11-9-20)28(29,30)31)25-24-26(39(16-32)27(33)35-25)38(19(4)34-24)15-23-7-6-12-40-23/h8-11,16-18,22-23,32-33H,5-7,12-15H2,1-4H3/t17-,18-,22+,23-/m0/s1. The van der Waals surface area contributed by atoms with E-state index in [-0.39, 0.29) is 29.8 Å². The SMILES string of the molecule is CC[C@@H]1CN(c2nc(=N)n(C=N)c3c2nc(C)n3C[C@@H]2CCCO2)[C@@H](C)CN1[C@@H](C)c1ccc(C(F)(F)F)cc1. The molecule has 0 spiro atoms. The van der Waals surface area contributed by atoms with E-state index < -0.39 is 11.7 Å². The van der Waals surface area contributed by atoms with Gasteiger partial charge in [0.2, 0.25) is 5.62 Å². The molecule has 0 amide bonds. The molecule has 0 radical (unpaired) electrons. The Morgan fingerprint density at radius 2 is 1.90 bits per heavy atom. The van der Waals surface area contributed by atoms with Crippen LogP contribution in [0.5, 0.6) is 0 Å². The summed E-state index contributed by atoms with van der Waals surface area (Å²) in [5.74, 6) is 1.41. The monoisotopic (exact) mass is 558 g/mol. The molecule has 0 bridgehead atoms. The van der Waals surface area contributed by atoms with Crippen LogP contribution < -0.4 is 10.5 Å². The van der Waals surface area contributed by atoms with Crippen LogP contribution in [0.4, 0.5) is 19.0 Å². The second-order valence-corrected chi connectivity index (χ2v) is 10.9. The molecule has 2 saturated heterocycles. The summed E-state index contributed by atoms with van der Waals surface area (Å²) in [5, 5.41) is 16.7. The van der Waals surface area contributed by atoms with Crippen molar-refractivity contribution in [3.05, 3.63) is 46.8 Å². The van der Waals surface area contributed by atoms with Crippen molar-refractivity contribution in [2.24, 2.45) is 0 Å². The van der Waals surface area contributed by atoms with Gasteiger partial charge in [-0.05, 0) is 57.7 Å². The van der Waals surface area contributed by atoms with Crippen LogP contribution >= 0.6 is 0 Å². The number of alkyl halides is 3. The fourth-order valence-corrected chi connectivity index (χ4v) is 6.13. The summed E-state index contributed by atoms with van der Waals surface area (Å²) in [6, 6.07) is 5.51. The summed E-state index contributed by atoms with van der Waals surface area (Å²) in [4.78, 5) is 14.1. The first kappa shape index (κ1) is 28.3. The van der Waals surface area contributed by atoms with Crippen LogP contribution in [0.2, 0.25) is 0 Å². The number of piperazine rings is 1. The van der Waals surface area contributed by atoms with Crippen molar-refractivity contribution in [1.29, 1.82) is 10.8 Å². The zero-order valence-electron chi connectivity index (χ0n) is 23.4. The summed E-state index contributed by atoms with van der Waals surface area (Å²) in [5.41, 5.74) is 1.48. The zero-order valence-corrected chi connectivity index (χ0v) is 23.4. The molecule has 1 aromatic carbocycles. The maximum atomic E-state index is 13.1. The first-order valence-electron chi connectivity index (χ1n) is 13.9. The van der Waals surface area contributed by atoms with E-state index in [4.69, 9.17) is 20.5 Å². The van der Waals surface area contributed by atoms with Crippen LogP contribution in [0.25, 0.3) is 11.2 Å². The predicted molar refractivity (Wildman–Crippen MR) is 147 cm³/mol. The zero-order chi connectivity index (χ0) is 28.8. The lowest BCUT2D eigenvalue weighted by atomic mass is 9.98. The van der Waals surface area contributed by atoms with E-state index >= 15 is 0 Å². The number of halogens is 3. The van der Waals surface area contributed by atoms with Gasteiger partial charge in [0.25, 0.3) is 0 Å². The van der Waals surface area contributed by atoms with Crippen molar-refractivity contribution >= 4 is 23.3 Å². The number of nitrogens with zero attached hydrogens (tertiary/aromatic N) is 6. The number of anilines is 1. The largest absolute Gasteiger partial charge is 0.416 e. The molecule has 9 nitrogen and oxygen atoms in total. The first-order valence-corrected chi connectivity index (χ1v) is 13.9. The lowest BCUT2D eigenvalue weighted by Gasteiger charge is -2.48. The third-order valence-corrected chi connectivity index (χ3v) is 8.40. The minimum absolute atomic E-state index is 0.00857. The van der Waals surface area contributed by atoms with Crippen molar-refractivity contribution < 1.29 is 17.9 Å². The Morgan fingerprint density at radius 3 is 2.50 bits per heavy atom. The van der Waals surface area contributed by atoms with E-state index in [2.05, 4.69) is 28.6 Å². The topological polar surface area (TPSA) is 99.1 Å². The average Bonchev–Trinajstić information content (AvgIpc) is 3.56. The Hall–Kier alpha value is -3.25. The molecule has 5 rings (SSSR count). The molecule has 12 heteroatoms. The van der Waals surface area contributed by atoms with Gasteiger partial charge in [-0.25, -0.2) is 4.98 Å². The Labute approximate surface area is 231 Å². The molecule has 0 aliphatic carbocycles. The predicted octanol–water partition coefficient (Wildman–Crippen LogP) is 4.72. The summed E-state index contributed by atoms with van der Waals surface area (Å²) >= 11 is 0. The van der Waals surface area contributed by atoms with Crippen LogP contribution in [0.1, 0.15) is 63.0 Å². The Balaban J connectivity index is 1.47. The molecule has 40 heavy (non-hydrogen) atoms. The molecule has 4 atom stereocenters. The molecule has 2 N–H and O–H groups in total. The minimum Gasteiger partial charge on any atom is -0.376 e. The highest BCUT2D eigenvalue weighted by Crippen LogP contribution is 2.35. The van der Waals surface area contributed by atoms with Gasteiger partial charge >= 0.3 is 6.18 Å². The number of ether oxygens (including phenoxy) is 1. The van der Waals surface area contributed by atoms with E-state index in [9.17, 15) is 13.2 Å². The Morgan fingerprint density at radius 1 is 1.18 bits per heavy atom. The van der Waals surface area contributed by atoms with Crippen LogP contribution in [0.15, 0.2) is 24.3 Å². The Kier molecular flexibility index (Phi) is 7.75. The number of fused-ring (bicyclic) bond motifs is 1. The third kappa shape index (κ3) is 5.14. The number of hydrogen-bond donors (Lipinski definition) is 2. The van der Waals surface area contributed by atoms with Gasteiger partial charge in [0.15, 0.2) is 11.5 Å². The maximum Gasteiger partial charge on any atom is 0.416 e. The van der Waals surface area contributed by atoms with Crippen molar-refractivity contribution in [3.63, 3.8) is 0 Å². The number of rotatable bonds is 7. The van der Waals surface area contributed by atoms with E-state index in [0.29, 0.717) is 36.6 Å². The highest BCUT2D eigenvalue weighted by molar-refractivity contribution is 5.88. The van der Waals surface area contributed by atoms with Gasteiger partial charge in [0, 0.05) is 37.8 Å². The molecule has 0 unspecified atom stereocenters. The quantitative estimate of drug-likeness (QED) is 0.323. The van der Waals surface area contributed by atoms with Crippen molar-refractivity contribution in [3.8, 4) is 0 Å². The number of aryl methyl sites for hydroxylation is 1. The van der Waals surface area contributed by atoms with E-state index in [1.54, 1.807) is 12.1 Å². The number of aromatic nitrogens is 4. The summed E-state index contributed by atoms with van der Waals surface area (Å²) < 4.78 is 48.7. The molecular weight excluding hydrogens is 521 g/mol. The molecule has 2 aliphatic heterocycles. The molecule has 3 aromatic rings. The van der Waals surface area contributed by atoms with Crippen LogP contribution in [0, 0.1) is 17.7 Å². The van der Waals surface area contributed by atoms with Crippen LogP contribution in [0.3, 0.4) is 0 Å². The normalized spacial score (nSPS) is 23.2. The van der Waals surface area contributed by atoms with Gasteiger partial charge in [0.05, 0.1) is 24.6 Å².